The van der Waals surface area contributed by atoms with Gasteiger partial charge in [-0.3, -0.25) is 0 Å². The lowest BCUT2D eigenvalue weighted by molar-refractivity contribution is 0.278. The molecule has 0 spiro atoms. The summed E-state index contributed by atoms with van der Waals surface area (Å²) in [4.78, 5) is 3.96. The smallest absolute Gasteiger partial charge is 0.241 e. The third-order valence-electron chi connectivity index (χ3n) is 2.83. The number of sulfonamides is 1. The minimum absolute atomic E-state index is 0.145. The zero-order chi connectivity index (χ0) is 15.6. The van der Waals surface area contributed by atoms with E-state index in [0.29, 0.717) is 5.01 Å². The third kappa shape index (κ3) is 3.65. The molecule has 0 saturated heterocycles. The highest BCUT2D eigenvalue weighted by molar-refractivity contribution is 7.89. The molecule has 0 aliphatic carbocycles. The number of aryl methyl sites for hydroxylation is 1. The van der Waals surface area contributed by atoms with Gasteiger partial charge in [0.05, 0.1) is 17.5 Å². The lowest BCUT2D eigenvalue weighted by Crippen LogP contribution is -2.28. The fraction of sp³-hybridized carbons (Fsp3) is 0.308. The van der Waals surface area contributed by atoms with Gasteiger partial charge in [-0.2, -0.15) is 0 Å². The van der Waals surface area contributed by atoms with Crippen molar-refractivity contribution in [3.05, 3.63) is 45.7 Å². The predicted octanol–water partition coefficient (Wildman–Crippen LogP) is 2.12. The first kappa shape index (κ1) is 16.0. The summed E-state index contributed by atoms with van der Waals surface area (Å²) in [5, 5.41) is 11.6. The molecule has 1 aromatic heterocycles. The van der Waals surface area contributed by atoms with Gasteiger partial charge in [0, 0.05) is 11.1 Å². The summed E-state index contributed by atoms with van der Waals surface area (Å²) in [6.07, 6.45) is 0. The van der Waals surface area contributed by atoms with Gasteiger partial charge in [0.15, 0.2) is 0 Å². The number of nitrogens with zero attached hydrogens (tertiary/aromatic N) is 1. The number of halogens is 1. The maximum atomic E-state index is 13.3. The van der Waals surface area contributed by atoms with E-state index in [1.165, 1.54) is 17.4 Å². The van der Waals surface area contributed by atoms with Crippen LogP contribution in [0.15, 0.2) is 28.5 Å². The van der Waals surface area contributed by atoms with Crippen LogP contribution in [0.5, 0.6) is 0 Å². The average Bonchev–Trinajstić information content (AvgIpc) is 2.85. The van der Waals surface area contributed by atoms with Crippen LogP contribution in [0.1, 0.15) is 29.2 Å². The molecule has 2 rings (SSSR count). The maximum absolute atomic E-state index is 13.3. The van der Waals surface area contributed by atoms with Crippen LogP contribution in [0.25, 0.3) is 0 Å². The molecule has 5 nitrogen and oxygen atoms in total. The highest BCUT2D eigenvalue weighted by atomic mass is 32.2. The molecule has 1 unspecified atom stereocenters. The van der Waals surface area contributed by atoms with E-state index in [9.17, 15) is 17.9 Å². The van der Waals surface area contributed by atoms with Crippen LogP contribution in [-0.2, 0) is 16.6 Å². The van der Waals surface area contributed by atoms with E-state index in [0.717, 1.165) is 17.8 Å². The first-order chi connectivity index (χ1) is 9.83. The molecule has 1 atom stereocenters. The van der Waals surface area contributed by atoms with Gasteiger partial charge < -0.3 is 5.11 Å². The molecule has 1 aromatic carbocycles. The van der Waals surface area contributed by atoms with Crippen LogP contribution < -0.4 is 4.72 Å². The minimum atomic E-state index is -3.95. The Balaban J connectivity index is 2.32. The zero-order valence-corrected chi connectivity index (χ0v) is 13.1. The van der Waals surface area contributed by atoms with Crippen molar-refractivity contribution in [2.45, 2.75) is 31.4 Å². The van der Waals surface area contributed by atoms with Gasteiger partial charge in [-0.05, 0) is 31.5 Å². The van der Waals surface area contributed by atoms with Crippen LogP contribution in [0.3, 0.4) is 0 Å². The predicted molar refractivity (Wildman–Crippen MR) is 77.9 cm³/mol. The van der Waals surface area contributed by atoms with Crippen molar-refractivity contribution in [3.63, 3.8) is 0 Å². The van der Waals surface area contributed by atoms with Crippen LogP contribution >= 0.6 is 11.3 Å². The van der Waals surface area contributed by atoms with Crippen LogP contribution in [0.4, 0.5) is 4.39 Å². The van der Waals surface area contributed by atoms with Crippen molar-refractivity contribution in [3.8, 4) is 0 Å². The number of benzene rings is 1. The van der Waals surface area contributed by atoms with Gasteiger partial charge in [-0.1, -0.05) is 6.07 Å². The third-order valence-corrected chi connectivity index (χ3v) is 5.60. The molecule has 0 aliphatic rings. The van der Waals surface area contributed by atoms with Gasteiger partial charge in [0.25, 0.3) is 0 Å². The molecule has 0 radical (unpaired) electrons. The molecule has 1 heterocycles. The summed E-state index contributed by atoms with van der Waals surface area (Å²) in [5.74, 6) is -0.676. The number of aromatic nitrogens is 1. The lowest BCUT2D eigenvalue weighted by Gasteiger charge is -2.14. The Morgan fingerprint density at radius 1 is 1.48 bits per heavy atom. The summed E-state index contributed by atoms with van der Waals surface area (Å²) in [6.45, 7) is 2.99. The molecule has 0 aliphatic heterocycles. The second-order valence-electron chi connectivity index (χ2n) is 4.58. The molecule has 0 bridgehead atoms. The molecule has 2 N–H and O–H groups in total. The topological polar surface area (TPSA) is 79.3 Å². The SMILES string of the molecule is Cc1csc(C(C)NS(=O)(=O)c2cc(F)ccc2CO)n1. The van der Waals surface area contributed by atoms with Gasteiger partial charge in [-0.15, -0.1) is 11.3 Å². The second-order valence-corrected chi connectivity index (χ2v) is 7.15. The molecule has 0 amide bonds. The Bertz CT molecular complexity index is 744. The van der Waals surface area contributed by atoms with Crippen molar-refractivity contribution in [1.82, 2.24) is 9.71 Å². The Labute approximate surface area is 126 Å². The van der Waals surface area contributed by atoms with Gasteiger partial charge in [-0.25, -0.2) is 22.5 Å². The van der Waals surface area contributed by atoms with Crippen molar-refractivity contribution >= 4 is 21.4 Å². The first-order valence-electron chi connectivity index (χ1n) is 6.17. The highest BCUT2D eigenvalue weighted by Crippen LogP contribution is 2.22. The van der Waals surface area contributed by atoms with Gasteiger partial charge in [0.2, 0.25) is 10.0 Å². The summed E-state index contributed by atoms with van der Waals surface area (Å²) in [7, 11) is -3.95. The number of hydrogen-bond donors (Lipinski definition) is 2. The fourth-order valence-corrected chi connectivity index (χ4v) is 4.15. The average molecular weight is 330 g/mol. The Hall–Kier alpha value is -1.35. The summed E-state index contributed by atoms with van der Waals surface area (Å²) < 4.78 is 40.4. The monoisotopic (exact) mass is 330 g/mol. The van der Waals surface area contributed by atoms with Crippen LogP contribution in [0, 0.1) is 12.7 Å². The summed E-state index contributed by atoms with van der Waals surface area (Å²) >= 11 is 1.35. The van der Waals surface area contributed by atoms with Crippen molar-refractivity contribution < 1.29 is 17.9 Å². The molecule has 0 saturated carbocycles. The van der Waals surface area contributed by atoms with E-state index in [4.69, 9.17) is 0 Å². The normalized spacial score (nSPS) is 13.3. The Morgan fingerprint density at radius 2 is 2.19 bits per heavy atom. The molecule has 8 heteroatoms. The Morgan fingerprint density at radius 3 is 2.76 bits per heavy atom. The number of thiazole rings is 1. The number of hydrogen-bond acceptors (Lipinski definition) is 5. The Kier molecular flexibility index (Phi) is 4.72. The van der Waals surface area contributed by atoms with Gasteiger partial charge >= 0.3 is 0 Å². The summed E-state index contributed by atoms with van der Waals surface area (Å²) in [5.41, 5.74) is 0.953. The maximum Gasteiger partial charge on any atom is 0.241 e. The van der Waals surface area contributed by atoms with E-state index in [1.807, 2.05) is 12.3 Å². The van der Waals surface area contributed by atoms with E-state index < -0.39 is 28.5 Å². The number of nitrogens with one attached hydrogen (secondary N) is 1. The molecular weight excluding hydrogens is 315 g/mol. The highest BCUT2D eigenvalue weighted by Gasteiger charge is 2.23. The molecule has 114 valence electrons. The standard InChI is InChI=1S/C13H15FN2O3S2/c1-8-7-20-13(15-8)9(2)16-21(18,19)12-5-11(14)4-3-10(12)6-17/h3-5,7,9,16-17H,6H2,1-2H3. The molecule has 0 fully saturated rings. The fourth-order valence-electron chi connectivity index (χ4n) is 1.83. The first-order valence-corrected chi connectivity index (χ1v) is 8.53. The zero-order valence-electron chi connectivity index (χ0n) is 11.5. The van der Waals surface area contributed by atoms with E-state index in [-0.39, 0.29) is 10.5 Å². The van der Waals surface area contributed by atoms with E-state index in [2.05, 4.69) is 9.71 Å². The molecule has 21 heavy (non-hydrogen) atoms. The molecule has 2 aromatic rings. The van der Waals surface area contributed by atoms with Crippen LogP contribution in [0.2, 0.25) is 0 Å². The largest absolute Gasteiger partial charge is 0.392 e. The van der Waals surface area contributed by atoms with Crippen molar-refractivity contribution in [2.75, 3.05) is 0 Å². The lowest BCUT2D eigenvalue weighted by atomic mass is 10.2. The number of aliphatic hydroxyl groups is 1. The van der Waals surface area contributed by atoms with E-state index >= 15 is 0 Å². The summed E-state index contributed by atoms with van der Waals surface area (Å²) in [6, 6.07) is 2.72. The van der Waals surface area contributed by atoms with Crippen LogP contribution in [-0.4, -0.2) is 18.5 Å². The minimum Gasteiger partial charge on any atom is -0.392 e. The molecular formula is C13H15FN2O3S2. The van der Waals surface area contributed by atoms with Gasteiger partial charge in [0.1, 0.15) is 10.8 Å². The van der Waals surface area contributed by atoms with E-state index in [1.54, 1.807) is 6.92 Å². The van der Waals surface area contributed by atoms with Crippen molar-refractivity contribution in [2.24, 2.45) is 0 Å². The number of aliphatic hydroxyl groups excluding tert-OH is 1. The quantitative estimate of drug-likeness (QED) is 0.880. The van der Waals surface area contributed by atoms with Crippen molar-refractivity contribution in [1.29, 1.82) is 0 Å². The second kappa shape index (κ2) is 6.18. The number of rotatable bonds is 5.